The quantitative estimate of drug-likeness (QED) is 0.423. The summed E-state index contributed by atoms with van der Waals surface area (Å²) in [6, 6.07) is 1.49. The van der Waals surface area contributed by atoms with Crippen molar-refractivity contribution in [2.24, 2.45) is 17.8 Å². The number of nitrogens with one attached hydrogen (secondary N) is 3. The number of hydrogen-bond donors (Lipinski definition) is 4. The molecule has 0 radical (unpaired) electrons. The number of carboxylic acid groups (broad SMARTS) is 1. The van der Waals surface area contributed by atoms with Gasteiger partial charge in [0.15, 0.2) is 23.1 Å². The molecule has 11 heteroatoms. The van der Waals surface area contributed by atoms with Gasteiger partial charge in [-0.1, -0.05) is 11.6 Å². The van der Waals surface area contributed by atoms with Crippen LogP contribution in [0.1, 0.15) is 38.5 Å². The normalized spacial score (nSPS) is 26.5. The molecule has 0 aliphatic heterocycles. The third-order valence-electron chi connectivity index (χ3n) is 7.17. The van der Waals surface area contributed by atoms with Crippen molar-refractivity contribution in [2.45, 2.75) is 50.6 Å². The van der Waals surface area contributed by atoms with Crippen molar-refractivity contribution in [3.63, 3.8) is 0 Å². The summed E-state index contributed by atoms with van der Waals surface area (Å²) in [6.45, 7) is 0. The van der Waals surface area contributed by atoms with Gasteiger partial charge in [0.05, 0.1) is 16.3 Å². The Balaban J connectivity index is 1.43. The Morgan fingerprint density at radius 2 is 1.79 bits per heavy atom. The summed E-state index contributed by atoms with van der Waals surface area (Å²) >= 11 is 6.13. The molecule has 2 bridgehead atoms. The number of fused-ring (bicyclic) bond motifs is 4. The summed E-state index contributed by atoms with van der Waals surface area (Å²) in [5.74, 6) is -1.44. The van der Waals surface area contributed by atoms with E-state index in [2.05, 4.69) is 35.8 Å². The topological polar surface area (TPSA) is 129 Å². The highest BCUT2D eigenvalue weighted by Gasteiger charge is 2.47. The molecular formula is C22H23ClFN7O2. The van der Waals surface area contributed by atoms with Gasteiger partial charge in [0.25, 0.3) is 0 Å². The first-order chi connectivity index (χ1) is 16.0. The minimum Gasteiger partial charge on any atom is -0.481 e. The first-order valence-corrected chi connectivity index (χ1v) is 11.7. The van der Waals surface area contributed by atoms with E-state index in [1.54, 1.807) is 6.07 Å². The van der Waals surface area contributed by atoms with Crippen LogP contribution in [-0.4, -0.2) is 48.3 Å². The van der Waals surface area contributed by atoms with Gasteiger partial charge in [-0.05, 0) is 56.4 Å². The molecular weight excluding hydrogens is 449 g/mol. The molecule has 0 aromatic carbocycles. The number of halogens is 2. The highest BCUT2D eigenvalue weighted by molar-refractivity contribution is 6.31. The maximum Gasteiger partial charge on any atom is 0.308 e. The lowest BCUT2D eigenvalue weighted by atomic mass is 9.61. The molecule has 0 amide bonds. The zero-order chi connectivity index (χ0) is 22.7. The number of rotatable bonds is 6. The van der Waals surface area contributed by atoms with Crippen LogP contribution in [0.25, 0.3) is 22.6 Å². The first kappa shape index (κ1) is 20.6. The molecule has 4 aliphatic rings. The Labute approximate surface area is 193 Å². The van der Waals surface area contributed by atoms with Gasteiger partial charge in [0.2, 0.25) is 5.82 Å². The van der Waals surface area contributed by atoms with E-state index in [0.717, 1.165) is 38.5 Å². The molecule has 9 nitrogen and oxygen atoms in total. The van der Waals surface area contributed by atoms with E-state index >= 15 is 4.39 Å². The van der Waals surface area contributed by atoms with E-state index in [0.29, 0.717) is 21.7 Å². The van der Waals surface area contributed by atoms with Crippen LogP contribution in [0.3, 0.4) is 0 Å². The molecule has 2 unspecified atom stereocenters. The fraction of sp³-hybridized carbons (Fsp3) is 0.500. The summed E-state index contributed by atoms with van der Waals surface area (Å²) in [4.78, 5) is 25.2. The Bertz CT molecular complexity index is 1240. The SMILES string of the molecule is O=C(O)C1C2CCC(CC2)C1Nc1nc(-c2n[nH]c3ncc(Cl)cc23)nc(NC2CC2)c1F. The Morgan fingerprint density at radius 1 is 1.09 bits per heavy atom. The molecule has 2 atom stereocenters. The molecule has 33 heavy (non-hydrogen) atoms. The zero-order valence-electron chi connectivity index (χ0n) is 17.7. The van der Waals surface area contributed by atoms with Crippen molar-refractivity contribution in [2.75, 3.05) is 10.6 Å². The second-order valence-corrected chi connectivity index (χ2v) is 9.74. The Kier molecular flexibility index (Phi) is 4.86. The van der Waals surface area contributed by atoms with E-state index in [9.17, 15) is 9.90 Å². The molecule has 0 spiro atoms. The summed E-state index contributed by atoms with van der Waals surface area (Å²) in [5, 5.41) is 24.4. The molecule has 4 N–H and O–H groups in total. The predicted octanol–water partition coefficient (Wildman–Crippen LogP) is 4.08. The fourth-order valence-electron chi connectivity index (χ4n) is 5.38. The fourth-order valence-corrected chi connectivity index (χ4v) is 5.54. The van der Waals surface area contributed by atoms with Crippen LogP contribution >= 0.6 is 11.6 Å². The molecule has 3 heterocycles. The number of hydrogen-bond acceptors (Lipinski definition) is 7. The first-order valence-electron chi connectivity index (χ1n) is 11.3. The number of anilines is 2. The van der Waals surface area contributed by atoms with E-state index in [4.69, 9.17) is 11.6 Å². The average molecular weight is 472 g/mol. The number of pyridine rings is 1. The second kappa shape index (κ2) is 7.79. The summed E-state index contributed by atoms with van der Waals surface area (Å²) in [7, 11) is 0. The summed E-state index contributed by atoms with van der Waals surface area (Å²) in [6.07, 6.45) is 7.08. The van der Waals surface area contributed by atoms with E-state index in [-0.39, 0.29) is 41.4 Å². The molecule has 7 rings (SSSR count). The highest BCUT2D eigenvalue weighted by Crippen LogP contribution is 2.46. The van der Waals surface area contributed by atoms with Gasteiger partial charge in [-0.15, -0.1) is 0 Å². The number of carboxylic acids is 1. The average Bonchev–Trinajstić information content (AvgIpc) is 3.53. The number of aromatic amines is 1. The minimum absolute atomic E-state index is 0.00177. The van der Waals surface area contributed by atoms with E-state index in [1.807, 2.05) is 0 Å². The summed E-state index contributed by atoms with van der Waals surface area (Å²) < 4.78 is 15.5. The maximum absolute atomic E-state index is 15.5. The van der Waals surface area contributed by atoms with Gasteiger partial charge in [0.1, 0.15) is 5.69 Å². The predicted molar refractivity (Wildman–Crippen MR) is 121 cm³/mol. The van der Waals surface area contributed by atoms with Gasteiger partial charge < -0.3 is 15.7 Å². The van der Waals surface area contributed by atoms with Gasteiger partial charge in [0, 0.05) is 18.3 Å². The highest BCUT2D eigenvalue weighted by atomic mass is 35.5. The van der Waals surface area contributed by atoms with Crippen LogP contribution < -0.4 is 10.6 Å². The van der Waals surface area contributed by atoms with Crippen LogP contribution in [0.2, 0.25) is 5.02 Å². The molecule has 4 fully saturated rings. The number of aromatic nitrogens is 5. The lowest BCUT2D eigenvalue weighted by Crippen LogP contribution is -2.51. The maximum atomic E-state index is 15.5. The number of aliphatic carboxylic acids is 1. The van der Waals surface area contributed by atoms with Crippen LogP contribution in [-0.2, 0) is 4.79 Å². The van der Waals surface area contributed by atoms with Crippen LogP contribution in [0.4, 0.5) is 16.0 Å². The van der Waals surface area contributed by atoms with Gasteiger partial charge in [-0.3, -0.25) is 9.89 Å². The molecule has 3 aromatic heterocycles. The Hall–Kier alpha value is -3.01. The van der Waals surface area contributed by atoms with Gasteiger partial charge in [-0.25, -0.2) is 15.0 Å². The standard InChI is InChI=1S/C22H23ClFN7O2/c23-11-7-13-17(30-31-18(13)25-8-11)21-28-19(26-12-5-6-12)15(24)20(29-21)27-16-10-3-1-9(2-4-10)14(16)22(32)33/h7-10,12,14,16H,1-6H2,(H,32,33)(H,25,30,31)(H2,26,27,28,29). The lowest BCUT2D eigenvalue weighted by Gasteiger charge is -2.47. The van der Waals surface area contributed by atoms with Crippen molar-refractivity contribution in [1.82, 2.24) is 25.1 Å². The van der Waals surface area contributed by atoms with Gasteiger partial charge >= 0.3 is 5.97 Å². The van der Waals surface area contributed by atoms with Crippen LogP contribution in [0.5, 0.6) is 0 Å². The monoisotopic (exact) mass is 471 g/mol. The largest absolute Gasteiger partial charge is 0.481 e. The van der Waals surface area contributed by atoms with Crippen molar-refractivity contribution in [1.29, 1.82) is 0 Å². The van der Waals surface area contributed by atoms with E-state index in [1.165, 1.54) is 6.20 Å². The molecule has 4 aliphatic carbocycles. The summed E-state index contributed by atoms with van der Waals surface area (Å²) in [5.41, 5.74) is 0.922. The molecule has 172 valence electrons. The minimum atomic E-state index is -0.841. The van der Waals surface area contributed by atoms with Crippen LogP contribution in [0.15, 0.2) is 12.3 Å². The molecule has 3 aromatic rings. The molecule has 0 saturated heterocycles. The number of nitrogens with zero attached hydrogens (tertiary/aromatic N) is 4. The van der Waals surface area contributed by atoms with Crippen molar-refractivity contribution in [3.8, 4) is 11.5 Å². The lowest BCUT2D eigenvalue weighted by molar-refractivity contribution is -0.148. The second-order valence-electron chi connectivity index (χ2n) is 9.31. The van der Waals surface area contributed by atoms with Crippen molar-refractivity contribution in [3.05, 3.63) is 23.1 Å². The molecule has 4 saturated carbocycles. The third-order valence-corrected chi connectivity index (χ3v) is 7.38. The smallest absolute Gasteiger partial charge is 0.308 e. The Morgan fingerprint density at radius 3 is 2.48 bits per heavy atom. The van der Waals surface area contributed by atoms with Crippen molar-refractivity contribution < 1.29 is 14.3 Å². The zero-order valence-corrected chi connectivity index (χ0v) is 18.4. The van der Waals surface area contributed by atoms with Crippen LogP contribution in [0, 0.1) is 23.6 Å². The van der Waals surface area contributed by atoms with Crippen molar-refractivity contribution >= 4 is 40.2 Å². The van der Waals surface area contributed by atoms with E-state index < -0.39 is 17.7 Å². The third kappa shape index (κ3) is 3.66. The van der Waals surface area contributed by atoms with Gasteiger partial charge in [-0.2, -0.15) is 9.49 Å². The number of H-pyrrole nitrogens is 1. The number of carbonyl (C=O) groups is 1.